The van der Waals surface area contributed by atoms with Gasteiger partial charge < -0.3 is 10.4 Å². The third kappa shape index (κ3) is 2.43. The Kier molecular flexibility index (Phi) is 2.52. The number of nitrogens with one attached hydrogen (secondary N) is 1. The van der Waals surface area contributed by atoms with Crippen LogP contribution in [0.1, 0.15) is 13.8 Å². The number of hydrogen-bond donors (Lipinski definition) is 2. The largest absolute Gasteiger partial charge is 0.388 e. The lowest BCUT2D eigenvalue weighted by Crippen LogP contribution is -2.43. The van der Waals surface area contributed by atoms with Gasteiger partial charge >= 0.3 is 0 Å². The fourth-order valence-electron chi connectivity index (χ4n) is 1.46. The Morgan fingerprint density at radius 2 is 2.27 bits per heavy atom. The van der Waals surface area contributed by atoms with Crippen molar-refractivity contribution < 1.29 is 5.11 Å². The molecule has 1 saturated heterocycles. The quantitative estimate of drug-likeness (QED) is 0.506. The number of rotatable bonds is 0. The Morgan fingerprint density at radius 3 is 2.91 bits per heavy atom. The highest BCUT2D eigenvalue weighted by Crippen LogP contribution is 2.09. The number of aliphatic hydroxyl groups is 1. The van der Waals surface area contributed by atoms with E-state index in [-0.39, 0.29) is 0 Å². The topological polar surface area (TPSA) is 35.5 Å². The minimum atomic E-state index is -0.570. The van der Waals surface area contributed by atoms with E-state index in [1.165, 1.54) is 0 Å². The average Bonchev–Trinajstić information content (AvgIpc) is 1.93. The maximum Gasteiger partial charge on any atom is 0.0869 e. The molecule has 0 radical (unpaired) electrons. The zero-order chi connectivity index (χ0) is 8.48. The Balaban J connectivity index is 2.55. The van der Waals surface area contributed by atoms with Crippen LogP contribution in [0.3, 0.4) is 0 Å². The maximum atomic E-state index is 9.74. The molecule has 11 heavy (non-hydrogen) atoms. The Labute approximate surface area is 68.4 Å². The summed E-state index contributed by atoms with van der Waals surface area (Å²) in [6.07, 6.45) is 0. The molecule has 1 aliphatic heterocycles. The first-order chi connectivity index (χ1) is 5.01. The smallest absolute Gasteiger partial charge is 0.0869 e. The van der Waals surface area contributed by atoms with Gasteiger partial charge in [-0.05, 0) is 20.9 Å². The van der Waals surface area contributed by atoms with Crippen molar-refractivity contribution in [3.63, 3.8) is 0 Å². The van der Waals surface area contributed by atoms with Crippen LogP contribution in [-0.4, -0.2) is 48.3 Å². The predicted molar refractivity (Wildman–Crippen MR) is 45.6 cm³/mol. The van der Waals surface area contributed by atoms with Crippen LogP contribution in [0.2, 0.25) is 0 Å². The highest BCUT2D eigenvalue weighted by atomic mass is 16.3. The number of likely N-dealkylation sites (N-methyl/N-ethyl adjacent to an activating group) is 1. The van der Waals surface area contributed by atoms with Crippen LogP contribution in [-0.2, 0) is 0 Å². The van der Waals surface area contributed by atoms with E-state index in [1.54, 1.807) is 0 Å². The summed E-state index contributed by atoms with van der Waals surface area (Å²) in [5, 5.41) is 13.0. The van der Waals surface area contributed by atoms with Gasteiger partial charge in [0.05, 0.1) is 5.60 Å². The van der Waals surface area contributed by atoms with Gasteiger partial charge in [-0.25, -0.2) is 0 Å². The summed E-state index contributed by atoms with van der Waals surface area (Å²) in [5.74, 6) is 0. The molecule has 0 aromatic carbocycles. The summed E-state index contributed by atoms with van der Waals surface area (Å²) in [5.41, 5.74) is -0.570. The third-order valence-corrected chi connectivity index (χ3v) is 2.29. The Morgan fingerprint density at radius 1 is 1.64 bits per heavy atom. The molecule has 0 aromatic rings. The summed E-state index contributed by atoms with van der Waals surface area (Å²) in [6, 6.07) is 0.518. The Bertz CT molecular complexity index is 136. The molecule has 2 unspecified atom stereocenters. The van der Waals surface area contributed by atoms with Crippen molar-refractivity contribution in [3.05, 3.63) is 0 Å². The second-order valence-electron chi connectivity index (χ2n) is 3.89. The second-order valence-corrected chi connectivity index (χ2v) is 3.89. The van der Waals surface area contributed by atoms with Crippen molar-refractivity contribution in [1.29, 1.82) is 0 Å². The van der Waals surface area contributed by atoms with Crippen LogP contribution in [0.25, 0.3) is 0 Å². The minimum Gasteiger partial charge on any atom is -0.388 e. The van der Waals surface area contributed by atoms with Gasteiger partial charge in [-0.2, -0.15) is 0 Å². The summed E-state index contributed by atoms with van der Waals surface area (Å²) >= 11 is 0. The first kappa shape index (κ1) is 8.97. The van der Waals surface area contributed by atoms with Gasteiger partial charge in [0.1, 0.15) is 0 Å². The predicted octanol–water partition coefficient (Wildman–Crippen LogP) is -0.339. The molecule has 0 amide bonds. The van der Waals surface area contributed by atoms with Crippen molar-refractivity contribution >= 4 is 0 Å². The molecule has 0 aliphatic carbocycles. The van der Waals surface area contributed by atoms with E-state index in [4.69, 9.17) is 0 Å². The highest BCUT2D eigenvalue weighted by molar-refractivity contribution is 4.85. The van der Waals surface area contributed by atoms with Crippen LogP contribution >= 0.6 is 0 Å². The van der Waals surface area contributed by atoms with E-state index in [9.17, 15) is 5.11 Å². The number of β-amino-alcohol motifs (C(OH)–C–C–N with tert-alkyl or cyclic N) is 1. The zero-order valence-corrected chi connectivity index (χ0v) is 7.59. The van der Waals surface area contributed by atoms with E-state index in [0.29, 0.717) is 12.6 Å². The standard InChI is InChI=1S/C8H18N2O/c1-7-4-9-5-8(2,11)6-10(7)3/h7,9,11H,4-6H2,1-3H3. The summed E-state index contributed by atoms with van der Waals surface area (Å²) in [6.45, 7) is 6.44. The average molecular weight is 158 g/mol. The lowest BCUT2D eigenvalue weighted by Gasteiger charge is -2.27. The van der Waals surface area contributed by atoms with Crippen molar-refractivity contribution in [2.75, 3.05) is 26.7 Å². The van der Waals surface area contributed by atoms with E-state index in [0.717, 1.165) is 13.1 Å². The SMILES string of the molecule is CC1CNCC(C)(O)CN1C. The first-order valence-corrected chi connectivity index (χ1v) is 4.15. The van der Waals surface area contributed by atoms with E-state index < -0.39 is 5.60 Å². The third-order valence-electron chi connectivity index (χ3n) is 2.29. The van der Waals surface area contributed by atoms with Gasteiger partial charge in [-0.1, -0.05) is 0 Å². The van der Waals surface area contributed by atoms with Crippen molar-refractivity contribution in [2.24, 2.45) is 0 Å². The summed E-state index contributed by atoms with van der Waals surface area (Å²) < 4.78 is 0. The minimum absolute atomic E-state index is 0.518. The molecular weight excluding hydrogens is 140 g/mol. The molecule has 1 heterocycles. The fourth-order valence-corrected chi connectivity index (χ4v) is 1.46. The molecule has 1 aliphatic rings. The second kappa shape index (κ2) is 3.09. The number of hydrogen-bond acceptors (Lipinski definition) is 3. The molecule has 2 N–H and O–H groups in total. The van der Waals surface area contributed by atoms with Crippen molar-refractivity contribution in [2.45, 2.75) is 25.5 Å². The van der Waals surface area contributed by atoms with Crippen molar-refractivity contribution in [1.82, 2.24) is 10.2 Å². The van der Waals surface area contributed by atoms with E-state index >= 15 is 0 Å². The highest BCUT2D eigenvalue weighted by Gasteiger charge is 2.27. The molecule has 0 saturated carbocycles. The molecule has 3 heteroatoms. The van der Waals surface area contributed by atoms with Crippen LogP contribution in [0, 0.1) is 0 Å². The van der Waals surface area contributed by atoms with E-state index in [1.807, 2.05) is 14.0 Å². The van der Waals surface area contributed by atoms with Gasteiger partial charge in [0, 0.05) is 25.7 Å². The number of nitrogens with zero attached hydrogens (tertiary/aromatic N) is 1. The normalized spacial score (nSPS) is 42.0. The maximum absolute atomic E-state index is 9.74. The van der Waals surface area contributed by atoms with Gasteiger partial charge in [0.25, 0.3) is 0 Å². The lowest BCUT2D eigenvalue weighted by molar-refractivity contribution is 0.0349. The Hall–Kier alpha value is -0.120. The van der Waals surface area contributed by atoms with Crippen LogP contribution in [0.4, 0.5) is 0 Å². The van der Waals surface area contributed by atoms with E-state index in [2.05, 4.69) is 17.1 Å². The summed E-state index contributed by atoms with van der Waals surface area (Å²) in [7, 11) is 2.05. The van der Waals surface area contributed by atoms with Crippen LogP contribution in [0.15, 0.2) is 0 Å². The van der Waals surface area contributed by atoms with Gasteiger partial charge in [-0.3, -0.25) is 4.90 Å². The summed E-state index contributed by atoms with van der Waals surface area (Å²) in [4.78, 5) is 2.18. The lowest BCUT2D eigenvalue weighted by atomic mass is 10.1. The van der Waals surface area contributed by atoms with Crippen molar-refractivity contribution in [3.8, 4) is 0 Å². The van der Waals surface area contributed by atoms with Gasteiger partial charge in [0.15, 0.2) is 0 Å². The van der Waals surface area contributed by atoms with Gasteiger partial charge in [-0.15, -0.1) is 0 Å². The van der Waals surface area contributed by atoms with Crippen LogP contribution in [0.5, 0.6) is 0 Å². The molecule has 2 atom stereocenters. The molecule has 0 aromatic heterocycles. The molecule has 1 rings (SSSR count). The molecule has 0 spiro atoms. The molecular formula is C8H18N2O. The fraction of sp³-hybridized carbons (Fsp3) is 1.00. The molecule has 0 bridgehead atoms. The monoisotopic (exact) mass is 158 g/mol. The molecule has 3 nitrogen and oxygen atoms in total. The van der Waals surface area contributed by atoms with Crippen LogP contribution < -0.4 is 5.32 Å². The first-order valence-electron chi connectivity index (χ1n) is 4.15. The zero-order valence-electron chi connectivity index (χ0n) is 7.59. The van der Waals surface area contributed by atoms with Gasteiger partial charge in [0.2, 0.25) is 0 Å². The molecule has 66 valence electrons. The molecule has 1 fully saturated rings.